The van der Waals surface area contributed by atoms with E-state index in [1.54, 1.807) is 18.5 Å². The highest BCUT2D eigenvalue weighted by molar-refractivity contribution is 6.33. The Morgan fingerprint density at radius 2 is 1.81 bits per heavy atom. The fraction of sp³-hybridized carbons (Fsp3) is 0.286. The van der Waals surface area contributed by atoms with Crippen LogP contribution in [-0.2, 0) is 4.79 Å². The van der Waals surface area contributed by atoms with Crippen LogP contribution in [0.1, 0.15) is 25.7 Å². The van der Waals surface area contributed by atoms with Crippen LogP contribution in [0.4, 0.5) is 0 Å². The predicted octanol–water partition coefficient (Wildman–Crippen LogP) is 3.88. The molecule has 1 aliphatic carbocycles. The number of aliphatic carboxylic acids is 1. The largest absolute Gasteiger partial charge is 0.481 e. The maximum atomic E-state index is 11.1. The number of ether oxygens (including phenoxy) is 1. The molecule has 4 aromatic rings. The lowest BCUT2D eigenvalue weighted by atomic mass is 9.87. The van der Waals surface area contributed by atoms with Crippen LogP contribution in [0, 0.1) is 5.92 Å². The number of halogens is 1. The van der Waals surface area contributed by atoms with Gasteiger partial charge >= 0.3 is 5.97 Å². The van der Waals surface area contributed by atoms with E-state index < -0.39 is 5.97 Å². The summed E-state index contributed by atoms with van der Waals surface area (Å²) in [4.78, 5) is 24.8. The second-order valence-electron chi connectivity index (χ2n) is 7.53. The zero-order valence-corrected chi connectivity index (χ0v) is 17.2. The van der Waals surface area contributed by atoms with Gasteiger partial charge in [-0.3, -0.25) is 4.79 Å². The molecule has 0 atom stereocenters. The predicted molar refractivity (Wildman–Crippen MR) is 113 cm³/mol. The van der Waals surface area contributed by atoms with Gasteiger partial charge in [0.25, 0.3) is 6.01 Å². The Morgan fingerprint density at radius 3 is 2.48 bits per heavy atom. The minimum atomic E-state index is -0.734. The molecule has 3 aromatic heterocycles. The molecule has 0 bridgehead atoms. The molecule has 1 aliphatic rings. The van der Waals surface area contributed by atoms with Crippen LogP contribution in [0.5, 0.6) is 6.01 Å². The van der Waals surface area contributed by atoms with Crippen LogP contribution in [0.15, 0.2) is 42.7 Å². The Hall–Kier alpha value is -3.46. The third kappa shape index (κ3) is 3.96. The van der Waals surface area contributed by atoms with Crippen LogP contribution in [0.25, 0.3) is 28.1 Å². The first-order valence-corrected chi connectivity index (χ1v) is 10.4. The van der Waals surface area contributed by atoms with Crippen LogP contribution in [-0.4, -0.2) is 47.1 Å². The molecule has 0 aliphatic heterocycles. The second-order valence-corrected chi connectivity index (χ2v) is 7.93. The molecule has 1 saturated carbocycles. The number of pyridine rings is 1. The van der Waals surface area contributed by atoms with E-state index >= 15 is 0 Å². The number of benzene rings is 1. The molecule has 2 N–H and O–H groups in total. The van der Waals surface area contributed by atoms with Gasteiger partial charge in [-0.2, -0.15) is 20.0 Å². The fourth-order valence-corrected chi connectivity index (χ4v) is 4.10. The number of rotatable bonds is 5. The maximum Gasteiger partial charge on any atom is 0.306 e. The first-order chi connectivity index (χ1) is 15.1. The van der Waals surface area contributed by atoms with Crippen LogP contribution in [0.3, 0.4) is 0 Å². The summed E-state index contributed by atoms with van der Waals surface area (Å²) in [6.07, 6.45) is 5.77. The van der Waals surface area contributed by atoms with Gasteiger partial charge in [0.1, 0.15) is 6.10 Å². The molecule has 1 fully saturated rings. The Balaban J connectivity index is 1.35. The molecule has 10 heteroatoms. The van der Waals surface area contributed by atoms with Gasteiger partial charge in [0.2, 0.25) is 0 Å². The number of aromatic amines is 1. The van der Waals surface area contributed by atoms with Crippen molar-refractivity contribution in [2.45, 2.75) is 31.8 Å². The number of fused-ring (bicyclic) bond motifs is 1. The summed E-state index contributed by atoms with van der Waals surface area (Å²) < 4.78 is 5.95. The van der Waals surface area contributed by atoms with E-state index in [1.165, 1.54) is 4.80 Å². The minimum Gasteiger partial charge on any atom is -0.481 e. The monoisotopic (exact) mass is 438 g/mol. The summed E-state index contributed by atoms with van der Waals surface area (Å²) >= 11 is 6.49. The summed E-state index contributed by atoms with van der Waals surface area (Å²) in [5.41, 5.74) is 3.49. The second kappa shape index (κ2) is 7.99. The van der Waals surface area contributed by atoms with Crippen molar-refractivity contribution in [2.75, 3.05) is 0 Å². The van der Waals surface area contributed by atoms with Crippen molar-refractivity contribution in [1.82, 2.24) is 29.9 Å². The average Bonchev–Trinajstić information content (AvgIpc) is 3.43. The van der Waals surface area contributed by atoms with Gasteiger partial charge in [-0.15, -0.1) is 0 Å². The highest BCUT2D eigenvalue weighted by Crippen LogP contribution is 2.31. The third-order valence-electron chi connectivity index (χ3n) is 5.50. The Morgan fingerprint density at radius 1 is 1.10 bits per heavy atom. The van der Waals surface area contributed by atoms with Crippen LogP contribution < -0.4 is 4.74 Å². The summed E-state index contributed by atoms with van der Waals surface area (Å²) in [7, 11) is 0. The molecular weight excluding hydrogens is 420 g/mol. The normalized spacial score (nSPS) is 18.9. The summed E-state index contributed by atoms with van der Waals surface area (Å²) in [6.45, 7) is 0. The lowest BCUT2D eigenvalue weighted by Crippen LogP contribution is -2.28. The van der Waals surface area contributed by atoms with Gasteiger partial charge in [-0.1, -0.05) is 23.7 Å². The fourth-order valence-electron chi connectivity index (χ4n) is 3.84. The van der Waals surface area contributed by atoms with E-state index in [9.17, 15) is 4.79 Å². The zero-order valence-electron chi connectivity index (χ0n) is 16.4. The maximum absolute atomic E-state index is 11.1. The summed E-state index contributed by atoms with van der Waals surface area (Å²) in [6, 6.07) is 9.75. The number of hydrogen-bond donors (Lipinski definition) is 2. The van der Waals surface area contributed by atoms with E-state index in [2.05, 4.69) is 25.1 Å². The molecule has 0 radical (unpaired) electrons. The zero-order chi connectivity index (χ0) is 21.4. The standard InChI is InChI=1S/C21H19ClN6O3/c22-16-11-17-19(27-21(25-17)31-15-7-3-13(4-8-15)20(29)30)26-18(16)12-1-5-14(6-2-12)28-23-9-10-24-28/h1-2,5-6,9-11,13,15H,3-4,7-8H2,(H,29,30)(H,25,26,27)/t13-,15-. The Labute approximate surface area is 182 Å². The van der Waals surface area contributed by atoms with Crippen molar-refractivity contribution in [2.24, 2.45) is 5.92 Å². The van der Waals surface area contributed by atoms with Crippen LogP contribution in [0.2, 0.25) is 5.02 Å². The van der Waals surface area contributed by atoms with Crippen molar-refractivity contribution in [1.29, 1.82) is 0 Å². The molecule has 0 unspecified atom stereocenters. The van der Waals surface area contributed by atoms with Crippen LogP contribution >= 0.6 is 11.6 Å². The molecule has 158 valence electrons. The van der Waals surface area contributed by atoms with Gasteiger partial charge in [-0.05, 0) is 43.9 Å². The highest BCUT2D eigenvalue weighted by Gasteiger charge is 2.27. The molecule has 3 heterocycles. The summed E-state index contributed by atoms with van der Waals surface area (Å²) in [5.74, 6) is -1.02. The average molecular weight is 439 g/mol. The first kappa shape index (κ1) is 19.5. The third-order valence-corrected chi connectivity index (χ3v) is 5.79. The molecule has 5 rings (SSSR count). The van der Waals surface area contributed by atoms with Gasteiger partial charge in [-0.25, -0.2) is 4.98 Å². The number of nitrogens with zero attached hydrogens (tertiary/aromatic N) is 5. The number of aromatic nitrogens is 6. The SMILES string of the molecule is O=C(O)[C@H]1CC[C@H](Oc2nc3nc(-c4ccc(-n5nccn5)cc4)c(Cl)cc3[nH]2)CC1. The number of carboxylic acids is 1. The van der Waals surface area contributed by atoms with Crippen molar-refractivity contribution in [3.05, 3.63) is 47.7 Å². The van der Waals surface area contributed by atoms with E-state index in [0.29, 0.717) is 53.6 Å². The molecule has 0 amide bonds. The molecule has 31 heavy (non-hydrogen) atoms. The van der Waals surface area contributed by atoms with E-state index in [1.807, 2.05) is 24.3 Å². The smallest absolute Gasteiger partial charge is 0.306 e. The summed E-state index contributed by atoms with van der Waals surface area (Å²) in [5, 5.41) is 17.9. The van der Waals surface area contributed by atoms with Crippen molar-refractivity contribution < 1.29 is 14.6 Å². The lowest BCUT2D eigenvalue weighted by Gasteiger charge is -2.25. The molecular formula is C21H19ClN6O3. The van der Waals surface area contributed by atoms with Crippen molar-refractivity contribution in [3.63, 3.8) is 0 Å². The molecule has 1 aromatic carbocycles. The molecule has 9 nitrogen and oxygen atoms in total. The van der Waals surface area contributed by atoms with Gasteiger partial charge < -0.3 is 14.8 Å². The minimum absolute atomic E-state index is 0.0606. The lowest BCUT2D eigenvalue weighted by molar-refractivity contribution is -0.143. The first-order valence-electron chi connectivity index (χ1n) is 9.99. The number of hydrogen-bond acceptors (Lipinski definition) is 6. The van der Waals surface area contributed by atoms with Gasteiger partial charge in [0.15, 0.2) is 5.65 Å². The number of H-pyrrole nitrogens is 1. The molecule has 0 spiro atoms. The quantitative estimate of drug-likeness (QED) is 0.485. The van der Waals surface area contributed by atoms with Gasteiger partial charge in [0, 0.05) is 5.56 Å². The van der Waals surface area contributed by atoms with Gasteiger partial charge in [0.05, 0.1) is 40.2 Å². The number of imidazole rings is 1. The Kier molecular flexibility index (Phi) is 5.03. The molecule has 0 saturated heterocycles. The number of nitrogens with one attached hydrogen (secondary N) is 1. The topological polar surface area (TPSA) is 119 Å². The number of carboxylic acid groups (broad SMARTS) is 1. The number of carbonyl (C=O) groups is 1. The van der Waals surface area contributed by atoms with Crippen molar-refractivity contribution in [3.8, 4) is 23.0 Å². The van der Waals surface area contributed by atoms with E-state index in [-0.39, 0.29) is 12.0 Å². The van der Waals surface area contributed by atoms with E-state index in [4.69, 9.17) is 21.4 Å². The Bertz CT molecular complexity index is 1210. The van der Waals surface area contributed by atoms with Crippen molar-refractivity contribution >= 4 is 28.7 Å². The highest BCUT2D eigenvalue weighted by atomic mass is 35.5. The van der Waals surface area contributed by atoms with E-state index in [0.717, 1.165) is 11.3 Å².